The molecule has 120 valence electrons. The predicted octanol–water partition coefficient (Wildman–Crippen LogP) is 4.49. The van der Waals surface area contributed by atoms with Gasteiger partial charge in [-0.3, -0.25) is 0 Å². The molecule has 0 aromatic heterocycles. The smallest absolute Gasteiger partial charge is 0.161 e. The van der Waals surface area contributed by atoms with E-state index in [9.17, 15) is 0 Å². The second kappa shape index (κ2) is 8.56. The largest absolute Gasteiger partial charge is 0.493 e. The van der Waals surface area contributed by atoms with Gasteiger partial charge in [0.1, 0.15) is 0 Å². The molecule has 3 nitrogen and oxygen atoms in total. The molecule has 0 unspecified atom stereocenters. The van der Waals surface area contributed by atoms with E-state index in [0.29, 0.717) is 23.0 Å². The number of hydrogen-bond acceptors (Lipinski definition) is 3. The van der Waals surface area contributed by atoms with Crippen molar-refractivity contribution < 1.29 is 9.47 Å². The van der Waals surface area contributed by atoms with Crippen LogP contribution in [0.1, 0.15) is 11.1 Å². The molecule has 2 rings (SSSR count). The van der Waals surface area contributed by atoms with Crippen molar-refractivity contribution in [1.82, 2.24) is 5.32 Å². The Bertz CT molecular complexity index is 699. The van der Waals surface area contributed by atoms with E-state index in [1.54, 1.807) is 14.2 Å². The molecule has 0 saturated heterocycles. The number of nitrogens with one attached hydrogen (secondary N) is 1. The second-order valence-corrected chi connectivity index (χ2v) is 5.67. The third kappa shape index (κ3) is 5.27. The van der Waals surface area contributed by atoms with Crippen molar-refractivity contribution >= 4 is 34.9 Å². The summed E-state index contributed by atoms with van der Waals surface area (Å²) in [7, 11) is 3.23. The topological polar surface area (TPSA) is 30.5 Å². The van der Waals surface area contributed by atoms with Gasteiger partial charge in [0.05, 0.1) is 19.2 Å². The Kier molecular flexibility index (Phi) is 6.44. The Hall–Kier alpha value is -2.04. The number of thiocarbonyl (C=S) groups is 1. The van der Waals surface area contributed by atoms with Crippen LogP contribution in [0.25, 0.3) is 6.08 Å². The van der Waals surface area contributed by atoms with Crippen molar-refractivity contribution in [3.05, 3.63) is 64.7 Å². The zero-order chi connectivity index (χ0) is 16.7. The Morgan fingerprint density at radius 1 is 1.09 bits per heavy atom. The van der Waals surface area contributed by atoms with Crippen molar-refractivity contribution in [3.63, 3.8) is 0 Å². The fourth-order valence-corrected chi connectivity index (χ4v) is 2.24. The molecule has 0 fully saturated rings. The molecule has 0 aliphatic heterocycles. The zero-order valence-corrected chi connectivity index (χ0v) is 14.6. The first-order valence-electron chi connectivity index (χ1n) is 7.05. The lowest BCUT2D eigenvalue weighted by atomic mass is 10.2. The summed E-state index contributed by atoms with van der Waals surface area (Å²) >= 11 is 11.2. The first-order chi connectivity index (χ1) is 11.1. The molecule has 0 amide bonds. The number of halogens is 1. The Morgan fingerprint density at radius 3 is 2.43 bits per heavy atom. The minimum Gasteiger partial charge on any atom is -0.493 e. The normalized spacial score (nSPS) is 10.6. The zero-order valence-electron chi connectivity index (χ0n) is 13.0. The van der Waals surface area contributed by atoms with Gasteiger partial charge in [0, 0.05) is 11.6 Å². The lowest BCUT2D eigenvalue weighted by Gasteiger charge is -2.08. The standard InChI is InChI=1S/C18H18ClNO2S/c1-21-16-9-5-13(11-17(16)22-2)6-10-18(23)20-12-14-3-7-15(19)8-4-14/h3-11H,12H2,1-2H3,(H,20,23)/b10-6+. The molecular weight excluding hydrogens is 330 g/mol. The van der Waals surface area contributed by atoms with E-state index in [1.165, 1.54) is 0 Å². The van der Waals surface area contributed by atoms with E-state index < -0.39 is 0 Å². The van der Waals surface area contributed by atoms with Crippen LogP contribution >= 0.6 is 23.8 Å². The highest BCUT2D eigenvalue weighted by atomic mass is 35.5. The molecule has 5 heteroatoms. The Balaban J connectivity index is 1.94. The number of rotatable bonds is 6. The van der Waals surface area contributed by atoms with Crippen LogP contribution in [0.3, 0.4) is 0 Å². The maximum Gasteiger partial charge on any atom is 0.161 e. The fourth-order valence-electron chi connectivity index (χ4n) is 1.98. The van der Waals surface area contributed by atoms with Gasteiger partial charge in [-0.1, -0.05) is 48.1 Å². The molecular formula is C18H18ClNO2S. The lowest BCUT2D eigenvalue weighted by molar-refractivity contribution is 0.355. The van der Waals surface area contributed by atoms with Gasteiger partial charge < -0.3 is 14.8 Å². The maximum atomic E-state index is 5.86. The lowest BCUT2D eigenvalue weighted by Crippen LogP contribution is -2.18. The van der Waals surface area contributed by atoms with E-state index in [2.05, 4.69) is 5.32 Å². The van der Waals surface area contributed by atoms with Gasteiger partial charge in [0.25, 0.3) is 0 Å². The SMILES string of the molecule is COc1ccc(/C=C/C(=S)NCc2ccc(Cl)cc2)cc1OC. The molecule has 2 aromatic rings. The van der Waals surface area contributed by atoms with E-state index >= 15 is 0 Å². The van der Waals surface area contributed by atoms with Crippen LogP contribution in [0.5, 0.6) is 11.5 Å². The van der Waals surface area contributed by atoms with Crippen molar-refractivity contribution in [2.75, 3.05) is 14.2 Å². The molecule has 0 saturated carbocycles. The van der Waals surface area contributed by atoms with Crippen molar-refractivity contribution in [2.45, 2.75) is 6.54 Å². The van der Waals surface area contributed by atoms with Crippen molar-refractivity contribution in [2.24, 2.45) is 0 Å². The van der Waals surface area contributed by atoms with Gasteiger partial charge in [-0.2, -0.15) is 0 Å². The van der Waals surface area contributed by atoms with E-state index in [1.807, 2.05) is 54.6 Å². The van der Waals surface area contributed by atoms with E-state index in [-0.39, 0.29) is 0 Å². The van der Waals surface area contributed by atoms with Crippen LogP contribution in [0, 0.1) is 0 Å². The number of benzene rings is 2. The van der Waals surface area contributed by atoms with Gasteiger partial charge in [-0.25, -0.2) is 0 Å². The van der Waals surface area contributed by atoms with Gasteiger partial charge in [-0.05, 0) is 41.5 Å². The van der Waals surface area contributed by atoms with E-state index in [4.69, 9.17) is 33.3 Å². The number of methoxy groups -OCH3 is 2. The maximum absolute atomic E-state index is 5.86. The van der Waals surface area contributed by atoms with Gasteiger partial charge in [-0.15, -0.1) is 0 Å². The van der Waals surface area contributed by atoms with Crippen LogP contribution in [-0.4, -0.2) is 19.2 Å². The van der Waals surface area contributed by atoms with Crippen LogP contribution in [0.2, 0.25) is 5.02 Å². The molecule has 0 spiro atoms. The minimum atomic E-state index is 0.659. The summed E-state index contributed by atoms with van der Waals surface area (Å²) in [5.74, 6) is 1.39. The average molecular weight is 348 g/mol. The van der Waals surface area contributed by atoms with Crippen LogP contribution < -0.4 is 14.8 Å². The highest BCUT2D eigenvalue weighted by Gasteiger charge is 2.02. The predicted molar refractivity (Wildman–Crippen MR) is 99.5 cm³/mol. The van der Waals surface area contributed by atoms with Crippen LogP contribution in [-0.2, 0) is 6.54 Å². The molecule has 1 N–H and O–H groups in total. The molecule has 23 heavy (non-hydrogen) atoms. The molecule has 0 radical (unpaired) electrons. The Labute approximate surface area is 146 Å². The first kappa shape index (κ1) is 17.3. The summed E-state index contributed by atoms with van der Waals surface area (Å²) in [5.41, 5.74) is 2.11. The molecule has 0 aliphatic carbocycles. The molecule has 0 atom stereocenters. The summed E-state index contributed by atoms with van der Waals surface area (Å²) in [6.07, 6.45) is 3.78. The average Bonchev–Trinajstić information content (AvgIpc) is 2.59. The number of hydrogen-bond donors (Lipinski definition) is 1. The molecule has 0 heterocycles. The molecule has 0 aliphatic rings. The van der Waals surface area contributed by atoms with Crippen LogP contribution in [0.4, 0.5) is 0 Å². The van der Waals surface area contributed by atoms with Crippen molar-refractivity contribution in [1.29, 1.82) is 0 Å². The van der Waals surface area contributed by atoms with Crippen LogP contribution in [0.15, 0.2) is 48.5 Å². The third-order valence-corrected chi connectivity index (χ3v) is 3.75. The van der Waals surface area contributed by atoms with Crippen molar-refractivity contribution in [3.8, 4) is 11.5 Å². The Morgan fingerprint density at radius 2 is 1.78 bits per heavy atom. The van der Waals surface area contributed by atoms with Gasteiger partial charge in [0.15, 0.2) is 11.5 Å². The summed E-state index contributed by atoms with van der Waals surface area (Å²) in [5, 5.41) is 3.91. The van der Waals surface area contributed by atoms with Gasteiger partial charge >= 0.3 is 0 Å². The highest BCUT2D eigenvalue weighted by Crippen LogP contribution is 2.27. The quantitative estimate of drug-likeness (QED) is 0.616. The summed E-state index contributed by atoms with van der Waals surface area (Å²) in [6.45, 7) is 0.659. The fraction of sp³-hybridized carbons (Fsp3) is 0.167. The molecule has 2 aromatic carbocycles. The summed E-state index contributed by atoms with van der Waals surface area (Å²) in [6, 6.07) is 13.4. The third-order valence-electron chi connectivity index (χ3n) is 3.21. The minimum absolute atomic E-state index is 0.659. The first-order valence-corrected chi connectivity index (χ1v) is 7.83. The van der Waals surface area contributed by atoms with E-state index in [0.717, 1.165) is 16.1 Å². The number of ether oxygens (including phenoxy) is 2. The monoisotopic (exact) mass is 347 g/mol. The van der Waals surface area contributed by atoms with Gasteiger partial charge in [0.2, 0.25) is 0 Å². The summed E-state index contributed by atoms with van der Waals surface area (Å²) in [4.78, 5) is 0.662. The molecule has 0 bridgehead atoms. The summed E-state index contributed by atoms with van der Waals surface area (Å²) < 4.78 is 10.5. The highest BCUT2D eigenvalue weighted by molar-refractivity contribution is 7.80. The second-order valence-electron chi connectivity index (χ2n) is 4.79.